The molecule has 1 rings (SSSR count). The van der Waals surface area contributed by atoms with Gasteiger partial charge in [-0.15, -0.1) is 0 Å². The number of anilines is 1. The fourth-order valence-corrected chi connectivity index (χ4v) is 5.70. The van der Waals surface area contributed by atoms with Crippen molar-refractivity contribution >= 4 is 33.2 Å². The Morgan fingerprint density at radius 1 is 1.25 bits per heavy atom. The molecule has 0 saturated carbocycles. The monoisotopic (exact) mass is 310 g/mol. The number of aromatic nitrogens is 1. The van der Waals surface area contributed by atoms with E-state index in [-0.39, 0.29) is 5.69 Å². The molecule has 6 heteroatoms. The lowest BCUT2D eigenvalue weighted by Crippen LogP contribution is -2.48. The highest BCUT2D eigenvalue weighted by atomic mass is 28.3. The van der Waals surface area contributed by atoms with Gasteiger partial charge in [-0.1, -0.05) is 39.3 Å². The van der Waals surface area contributed by atoms with Crippen molar-refractivity contribution in [1.29, 1.82) is 0 Å². The summed E-state index contributed by atoms with van der Waals surface area (Å²) in [6.07, 6.45) is 1.72. The zero-order chi connectivity index (χ0) is 15.7. The van der Waals surface area contributed by atoms with Gasteiger partial charge in [0.2, 0.25) is 0 Å². The Hall–Kier alpha value is -1.15. The number of pyridine rings is 1. The van der Waals surface area contributed by atoms with Gasteiger partial charge in [-0.25, -0.2) is 9.78 Å². The van der Waals surface area contributed by atoms with E-state index in [2.05, 4.69) is 61.8 Å². The SMILES string of the molecule is CCN(c1cnc(C(=O)O)c([Si](C)(C)C)c1)[Si](C)(C)C. The van der Waals surface area contributed by atoms with Crippen molar-refractivity contribution < 1.29 is 9.90 Å². The first-order valence-electron chi connectivity index (χ1n) is 7.00. The molecule has 0 atom stereocenters. The van der Waals surface area contributed by atoms with Gasteiger partial charge in [0.05, 0.1) is 14.3 Å². The Balaban J connectivity index is 3.43. The summed E-state index contributed by atoms with van der Waals surface area (Å²) < 4.78 is 2.38. The quantitative estimate of drug-likeness (QED) is 0.850. The standard InChI is InChI=1S/C14H26N2O2Si2/c1-8-16(20(5,6)7)11-9-12(19(2,3)4)13(14(17)18)15-10-11/h9-10H,8H2,1-7H3,(H,17,18). The van der Waals surface area contributed by atoms with Gasteiger partial charge in [0.1, 0.15) is 13.9 Å². The molecule has 0 fully saturated rings. The van der Waals surface area contributed by atoms with E-state index >= 15 is 0 Å². The number of aromatic carboxylic acids is 1. The number of nitrogens with zero attached hydrogens (tertiary/aromatic N) is 2. The maximum atomic E-state index is 11.4. The van der Waals surface area contributed by atoms with Crippen LogP contribution in [0.4, 0.5) is 5.69 Å². The number of carboxylic acid groups (broad SMARTS) is 1. The van der Waals surface area contributed by atoms with Crippen LogP contribution in [0.25, 0.3) is 0 Å². The Morgan fingerprint density at radius 3 is 2.15 bits per heavy atom. The second kappa shape index (κ2) is 5.69. The van der Waals surface area contributed by atoms with Gasteiger partial charge >= 0.3 is 5.97 Å². The first kappa shape index (κ1) is 16.9. The lowest BCUT2D eigenvalue weighted by molar-refractivity contribution is 0.0692. The van der Waals surface area contributed by atoms with Crippen LogP contribution in [0.2, 0.25) is 39.3 Å². The van der Waals surface area contributed by atoms with Crippen molar-refractivity contribution in [3.63, 3.8) is 0 Å². The molecule has 0 amide bonds. The Kier molecular flexibility index (Phi) is 4.81. The van der Waals surface area contributed by atoms with Crippen molar-refractivity contribution in [3.8, 4) is 0 Å². The summed E-state index contributed by atoms with van der Waals surface area (Å²) in [5, 5.41) is 10.3. The lowest BCUT2D eigenvalue weighted by Gasteiger charge is -2.36. The zero-order valence-electron chi connectivity index (χ0n) is 13.6. The molecule has 0 spiro atoms. The number of carbonyl (C=O) groups is 1. The molecule has 1 aromatic rings. The Bertz CT molecular complexity index is 505. The molecule has 0 aliphatic rings. The smallest absolute Gasteiger partial charge is 0.354 e. The van der Waals surface area contributed by atoms with Crippen LogP contribution in [-0.4, -0.2) is 38.9 Å². The van der Waals surface area contributed by atoms with Gasteiger partial charge in [-0.3, -0.25) is 0 Å². The molecule has 0 saturated heterocycles. The fraction of sp³-hybridized carbons (Fsp3) is 0.571. The van der Waals surface area contributed by atoms with Gasteiger partial charge in [0.25, 0.3) is 0 Å². The summed E-state index contributed by atoms with van der Waals surface area (Å²) in [6, 6.07) is 2.06. The predicted octanol–water partition coefficient (Wildman–Crippen LogP) is 2.99. The van der Waals surface area contributed by atoms with Crippen LogP contribution >= 0.6 is 0 Å². The van der Waals surface area contributed by atoms with Crippen LogP contribution in [-0.2, 0) is 0 Å². The molecule has 0 radical (unpaired) electrons. The fourth-order valence-electron chi connectivity index (χ4n) is 2.39. The van der Waals surface area contributed by atoms with E-state index in [1.54, 1.807) is 6.20 Å². The maximum absolute atomic E-state index is 11.4. The third kappa shape index (κ3) is 3.70. The number of rotatable bonds is 5. The minimum Gasteiger partial charge on any atom is -0.477 e. The molecular formula is C14H26N2O2Si2. The molecule has 112 valence electrons. The van der Waals surface area contributed by atoms with Crippen LogP contribution in [0.5, 0.6) is 0 Å². The maximum Gasteiger partial charge on any atom is 0.354 e. The van der Waals surface area contributed by atoms with Crippen molar-refractivity contribution in [2.24, 2.45) is 0 Å². The minimum atomic E-state index is -1.74. The van der Waals surface area contributed by atoms with Crippen LogP contribution in [0.3, 0.4) is 0 Å². The molecule has 1 heterocycles. The third-order valence-electron chi connectivity index (χ3n) is 3.32. The van der Waals surface area contributed by atoms with E-state index in [1.807, 2.05) is 0 Å². The van der Waals surface area contributed by atoms with Gasteiger partial charge in [0.15, 0.2) is 0 Å². The van der Waals surface area contributed by atoms with Crippen molar-refractivity contribution in [3.05, 3.63) is 18.0 Å². The molecule has 1 aromatic heterocycles. The number of carboxylic acids is 1. The summed E-state index contributed by atoms with van der Waals surface area (Å²) in [7, 11) is -3.24. The number of hydrogen-bond acceptors (Lipinski definition) is 3. The molecule has 0 aliphatic heterocycles. The van der Waals surface area contributed by atoms with Crippen molar-refractivity contribution in [2.45, 2.75) is 46.2 Å². The predicted molar refractivity (Wildman–Crippen MR) is 90.5 cm³/mol. The van der Waals surface area contributed by atoms with Crippen LogP contribution in [0.1, 0.15) is 17.4 Å². The van der Waals surface area contributed by atoms with E-state index in [0.717, 1.165) is 17.4 Å². The highest BCUT2D eigenvalue weighted by Crippen LogP contribution is 2.21. The van der Waals surface area contributed by atoms with E-state index in [4.69, 9.17) is 0 Å². The third-order valence-corrected chi connectivity index (χ3v) is 7.51. The van der Waals surface area contributed by atoms with E-state index in [9.17, 15) is 9.90 Å². The van der Waals surface area contributed by atoms with Crippen LogP contribution < -0.4 is 9.75 Å². The molecule has 0 unspecified atom stereocenters. The molecule has 20 heavy (non-hydrogen) atoms. The first-order valence-corrected chi connectivity index (χ1v) is 13.9. The second-order valence-electron chi connectivity index (χ2n) is 7.06. The highest BCUT2D eigenvalue weighted by molar-refractivity contribution is 6.89. The summed E-state index contributed by atoms with van der Waals surface area (Å²) in [5.74, 6) is -0.926. The zero-order valence-corrected chi connectivity index (χ0v) is 15.6. The summed E-state index contributed by atoms with van der Waals surface area (Å²) >= 11 is 0. The Morgan fingerprint density at radius 2 is 1.80 bits per heavy atom. The molecule has 4 nitrogen and oxygen atoms in total. The van der Waals surface area contributed by atoms with Gasteiger partial charge < -0.3 is 9.67 Å². The average Bonchev–Trinajstić information content (AvgIpc) is 2.26. The average molecular weight is 311 g/mol. The molecule has 1 N–H and O–H groups in total. The molecule has 0 aliphatic carbocycles. The molecular weight excluding hydrogens is 284 g/mol. The van der Waals surface area contributed by atoms with E-state index in [0.29, 0.717) is 0 Å². The number of hydrogen-bond donors (Lipinski definition) is 1. The second-order valence-corrected chi connectivity index (χ2v) is 17.0. The first-order chi connectivity index (χ1) is 8.98. The minimum absolute atomic E-state index is 0.222. The van der Waals surface area contributed by atoms with Gasteiger partial charge in [-0.05, 0) is 18.2 Å². The summed E-state index contributed by atoms with van der Waals surface area (Å²) in [6.45, 7) is 16.4. The highest BCUT2D eigenvalue weighted by Gasteiger charge is 2.28. The van der Waals surface area contributed by atoms with Crippen molar-refractivity contribution in [1.82, 2.24) is 4.98 Å². The Labute approximate surface area is 123 Å². The lowest BCUT2D eigenvalue weighted by atomic mass is 10.3. The van der Waals surface area contributed by atoms with E-state index in [1.165, 1.54) is 0 Å². The summed E-state index contributed by atoms with van der Waals surface area (Å²) in [4.78, 5) is 15.6. The normalized spacial score (nSPS) is 12.3. The summed E-state index contributed by atoms with van der Waals surface area (Å²) in [5.41, 5.74) is 1.29. The molecule has 0 aromatic carbocycles. The molecule has 0 bridgehead atoms. The van der Waals surface area contributed by atoms with E-state index < -0.39 is 22.3 Å². The largest absolute Gasteiger partial charge is 0.477 e. The topological polar surface area (TPSA) is 53.4 Å². The van der Waals surface area contributed by atoms with Gasteiger partial charge in [0, 0.05) is 12.2 Å². The van der Waals surface area contributed by atoms with Gasteiger partial charge in [-0.2, -0.15) is 0 Å². The van der Waals surface area contributed by atoms with Crippen LogP contribution in [0, 0.1) is 0 Å². The van der Waals surface area contributed by atoms with Crippen LogP contribution in [0.15, 0.2) is 12.3 Å². The van der Waals surface area contributed by atoms with Crippen molar-refractivity contribution in [2.75, 3.05) is 11.1 Å².